The third-order valence-corrected chi connectivity index (χ3v) is 14.1. The molecule has 1 saturated heterocycles. The SMILES string of the molecule is CCC(=O)OCOP(=O)(OCOC(=O)CC)O[C@@H]1[C@@H](OCc2cc(OC)c(OC)cc2[N+](=O)[O-])[C@H](OP(=O)(OCOC(=O)CC)OCOC(=O)CC)[C@@H]2OC(C)(C)O[C@@H]2[C@H]1OP(=O)(OCOC(=O)CC)OCOC(=O)CC. The summed E-state index contributed by atoms with van der Waals surface area (Å²) in [4.78, 5) is 85.1. The summed E-state index contributed by atoms with van der Waals surface area (Å²) in [7, 11) is -14.0. The molecule has 0 spiro atoms. The van der Waals surface area contributed by atoms with E-state index in [1.807, 2.05) is 0 Å². The topological polar surface area (TPSA) is 381 Å². The fraction of sp³-hybridized carbons (Fsp3) is 0.714. The van der Waals surface area contributed by atoms with Crippen molar-refractivity contribution in [1.29, 1.82) is 0 Å². The Kier molecular flexibility index (Phi) is 27.4. The molecule has 1 aliphatic carbocycles. The molecule has 0 aromatic heterocycles. The van der Waals surface area contributed by atoms with Gasteiger partial charge in [-0.3, -0.25) is 52.5 Å². The lowest BCUT2D eigenvalue weighted by atomic mass is 9.85. The number of rotatable bonds is 36. The molecule has 1 heterocycles. The van der Waals surface area contributed by atoms with Crippen LogP contribution in [0.5, 0.6) is 11.5 Å². The third-order valence-electron chi connectivity index (χ3n) is 10.1. The number of carbonyl (C=O) groups is 6. The van der Waals surface area contributed by atoms with Crippen LogP contribution in [0.3, 0.4) is 0 Å². The van der Waals surface area contributed by atoms with Gasteiger partial charge in [0.15, 0.2) is 17.3 Å². The Hall–Kier alpha value is -4.75. The quantitative estimate of drug-likeness (QED) is 0.0183. The maximum absolute atomic E-state index is 15.0. The van der Waals surface area contributed by atoms with Gasteiger partial charge in [-0.25, -0.2) is 40.8 Å². The molecule has 2 fully saturated rings. The fourth-order valence-electron chi connectivity index (χ4n) is 6.30. The van der Waals surface area contributed by atoms with E-state index in [2.05, 4.69) is 0 Å². The molecular weight excluding hydrogens is 1110 g/mol. The number of nitro benzene ring substituents is 1. The normalized spacial score (nSPS) is 20.0. The monoisotopic (exact) mass is 1170 g/mol. The van der Waals surface area contributed by atoms with Crippen LogP contribution in [0, 0.1) is 10.1 Å². The second-order valence-electron chi connectivity index (χ2n) is 15.7. The second-order valence-corrected chi connectivity index (χ2v) is 20.6. The number of hydrogen-bond acceptors (Lipinski definition) is 31. The summed E-state index contributed by atoms with van der Waals surface area (Å²) in [5.41, 5.74) is -0.986. The predicted octanol–water partition coefficient (Wildman–Crippen LogP) is 6.07. The predicted molar refractivity (Wildman–Crippen MR) is 250 cm³/mol. The highest BCUT2D eigenvalue weighted by molar-refractivity contribution is 7.49. The van der Waals surface area contributed by atoms with Gasteiger partial charge < -0.3 is 52.1 Å². The van der Waals surface area contributed by atoms with Crippen LogP contribution < -0.4 is 9.47 Å². The summed E-state index contributed by atoms with van der Waals surface area (Å²) in [6, 6.07) is 2.09. The smallest absolute Gasteiger partial charge is 0.481 e. The van der Waals surface area contributed by atoms with E-state index in [0.717, 1.165) is 12.1 Å². The van der Waals surface area contributed by atoms with Gasteiger partial charge in [0.1, 0.15) is 36.6 Å². The molecule has 0 unspecified atom stereocenters. The summed E-state index contributed by atoms with van der Waals surface area (Å²) in [6.07, 6.45) is -14.2. The minimum absolute atomic E-state index is 0.0802. The maximum Gasteiger partial charge on any atom is 0.481 e. The molecule has 32 nitrogen and oxygen atoms in total. The first-order chi connectivity index (χ1) is 36.4. The van der Waals surface area contributed by atoms with E-state index in [4.69, 9.17) is 92.8 Å². The lowest BCUT2D eigenvalue weighted by Crippen LogP contribution is -2.65. The number of benzene rings is 1. The van der Waals surface area contributed by atoms with E-state index in [1.54, 1.807) is 0 Å². The second kappa shape index (κ2) is 31.7. The van der Waals surface area contributed by atoms with Crippen LogP contribution in [0.2, 0.25) is 0 Å². The number of hydrogen-bond donors (Lipinski definition) is 0. The summed E-state index contributed by atoms with van der Waals surface area (Å²) in [5, 5.41) is 12.6. The highest BCUT2D eigenvalue weighted by Crippen LogP contribution is 2.60. The molecule has 0 N–H and O–H groups in total. The first kappa shape index (κ1) is 66.5. The van der Waals surface area contributed by atoms with Gasteiger partial charge >= 0.3 is 59.3 Å². The minimum Gasteiger partial charge on any atom is -0.493 e. The van der Waals surface area contributed by atoms with Crippen LogP contribution in [0.15, 0.2) is 12.1 Å². The number of carbonyl (C=O) groups excluding carboxylic acids is 6. The first-order valence-electron chi connectivity index (χ1n) is 23.4. The molecule has 2 aliphatic rings. The fourth-order valence-corrected chi connectivity index (χ4v) is 9.59. The zero-order valence-corrected chi connectivity index (χ0v) is 46.4. The number of phosphoric ester groups is 3. The highest BCUT2D eigenvalue weighted by Gasteiger charge is 2.65. The van der Waals surface area contributed by atoms with Gasteiger partial charge in [0.2, 0.25) is 40.8 Å². The molecule has 1 aliphatic heterocycles. The van der Waals surface area contributed by atoms with Gasteiger partial charge in [0.05, 0.1) is 37.4 Å². The Balaban J connectivity index is 2.50. The molecule has 3 rings (SSSR count). The van der Waals surface area contributed by atoms with E-state index in [0.29, 0.717) is 0 Å². The van der Waals surface area contributed by atoms with Gasteiger partial charge in [0.25, 0.3) is 5.69 Å². The highest BCUT2D eigenvalue weighted by atomic mass is 31.2. The van der Waals surface area contributed by atoms with Crippen LogP contribution in [0.4, 0.5) is 5.69 Å². The van der Waals surface area contributed by atoms with Crippen molar-refractivity contribution in [3.8, 4) is 11.5 Å². The summed E-state index contributed by atoms with van der Waals surface area (Å²) in [6.45, 7) is 3.05. The van der Waals surface area contributed by atoms with E-state index in [1.165, 1.54) is 69.6 Å². The number of nitro groups is 1. The Labute approximate surface area is 441 Å². The number of esters is 6. The summed E-state index contributed by atoms with van der Waals surface area (Å²) >= 11 is 0. The van der Waals surface area contributed by atoms with Gasteiger partial charge in [-0.15, -0.1) is 0 Å². The number of nitrogens with zero attached hydrogens (tertiary/aromatic N) is 1. The van der Waals surface area contributed by atoms with Gasteiger partial charge in [0, 0.05) is 38.5 Å². The zero-order chi connectivity index (χ0) is 57.6. The van der Waals surface area contributed by atoms with E-state index in [-0.39, 0.29) is 55.6 Å². The van der Waals surface area contributed by atoms with Crippen molar-refractivity contribution in [3.63, 3.8) is 0 Å². The molecule has 6 atom stereocenters. The van der Waals surface area contributed by atoms with Crippen molar-refractivity contribution in [2.24, 2.45) is 0 Å². The molecule has 1 saturated carbocycles. The van der Waals surface area contributed by atoms with Crippen molar-refractivity contribution in [3.05, 3.63) is 27.8 Å². The van der Waals surface area contributed by atoms with Crippen molar-refractivity contribution in [1.82, 2.24) is 0 Å². The Morgan fingerprint density at radius 3 is 1.08 bits per heavy atom. The lowest BCUT2D eigenvalue weighted by molar-refractivity contribution is -0.386. The van der Waals surface area contributed by atoms with Crippen molar-refractivity contribution >= 4 is 65.0 Å². The van der Waals surface area contributed by atoms with Crippen LogP contribution in [0.1, 0.15) is 99.5 Å². The molecule has 0 radical (unpaired) electrons. The molecule has 77 heavy (non-hydrogen) atoms. The van der Waals surface area contributed by atoms with Crippen LogP contribution in [-0.4, -0.2) is 138 Å². The number of fused-ring (bicyclic) bond motifs is 1. The van der Waals surface area contributed by atoms with E-state index < -0.39 is 160 Å². The Bertz CT molecular complexity index is 2240. The van der Waals surface area contributed by atoms with Gasteiger partial charge in [-0.2, -0.15) is 0 Å². The standard InChI is InChI=1S/C42H64NO31P3/c1-11-30(44)58-20-64-75(52,65-21-59-31(45)12-2)72-39-36(57-19-26-17-28(55-9)29(56-10)18-27(26)43(50)51)40(73-76(53,66-22-60-32(46)13-3)67-23-61-33(47)14-4)41(38-37(39)70-42(7,8)71-38)74-77(54,68-24-62-34(48)15-5)69-25-63-35(49)16-6/h17-18,36-41H,11-16,19-25H2,1-10H3/t36-,37+,38-,39-,40+,41+/m0/s1. The molecule has 438 valence electrons. The number of methoxy groups -OCH3 is 2. The van der Waals surface area contributed by atoms with Gasteiger partial charge in [-0.05, 0) is 19.9 Å². The number of phosphoric acid groups is 3. The molecule has 0 amide bonds. The van der Waals surface area contributed by atoms with Crippen LogP contribution in [-0.2, 0) is 132 Å². The van der Waals surface area contributed by atoms with E-state index in [9.17, 15) is 48.0 Å². The van der Waals surface area contributed by atoms with Crippen molar-refractivity contribution in [2.45, 2.75) is 143 Å². The Morgan fingerprint density at radius 1 is 0.506 bits per heavy atom. The lowest BCUT2D eigenvalue weighted by Gasteiger charge is -2.46. The summed E-state index contributed by atoms with van der Waals surface area (Å²) < 4.78 is 155. The van der Waals surface area contributed by atoms with E-state index >= 15 is 4.57 Å². The third kappa shape index (κ3) is 21.1. The summed E-state index contributed by atoms with van der Waals surface area (Å²) in [5.74, 6) is -7.37. The minimum atomic E-state index is -5.56. The average Bonchev–Trinajstić information content (AvgIpc) is 3.73. The number of ether oxygens (including phenoxy) is 11. The van der Waals surface area contributed by atoms with Crippen molar-refractivity contribution < 1.29 is 140 Å². The maximum atomic E-state index is 15.0. The molecule has 1 aromatic rings. The Morgan fingerprint density at radius 2 is 0.792 bits per heavy atom. The van der Waals surface area contributed by atoms with Crippen LogP contribution in [0.25, 0.3) is 0 Å². The first-order valence-corrected chi connectivity index (χ1v) is 27.8. The molecule has 1 aromatic carbocycles. The van der Waals surface area contributed by atoms with Crippen LogP contribution >= 0.6 is 23.5 Å². The van der Waals surface area contributed by atoms with Crippen molar-refractivity contribution in [2.75, 3.05) is 55.0 Å². The molecule has 35 heteroatoms. The molecular formula is C42H64NO31P3. The van der Waals surface area contributed by atoms with Gasteiger partial charge in [-0.1, -0.05) is 41.5 Å². The molecule has 0 bridgehead atoms. The zero-order valence-electron chi connectivity index (χ0n) is 43.8. The largest absolute Gasteiger partial charge is 0.493 e. The average molecular weight is 1170 g/mol.